The monoisotopic (exact) mass is 316 g/mol. The maximum Gasteiger partial charge on any atom is 0.0471 e. The minimum atomic E-state index is 0.317. The van der Waals surface area contributed by atoms with Gasteiger partial charge in [0.05, 0.1) is 0 Å². The molecule has 1 fully saturated rings. The van der Waals surface area contributed by atoms with E-state index < -0.39 is 0 Å². The van der Waals surface area contributed by atoms with Gasteiger partial charge in [0, 0.05) is 23.6 Å². The molecule has 3 heteroatoms. The molecule has 94 valence electrons. The topological polar surface area (TPSA) is 9.23 Å². The summed E-state index contributed by atoms with van der Waals surface area (Å²) in [5.41, 5.74) is 2.80. The molecule has 1 heterocycles. The van der Waals surface area contributed by atoms with E-state index in [2.05, 4.69) is 41.1 Å². The fraction of sp³-hybridized carbons (Fsp3) is 0.571. The summed E-state index contributed by atoms with van der Waals surface area (Å²) in [7, 11) is 0. The summed E-state index contributed by atoms with van der Waals surface area (Å²) in [6.45, 7) is 3.81. The first kappa shape index (κ1) is 13.4. The maximum atomic E-state index is 6.32. The van der Waals surface area contributed by atoms with Crippen LogP contribution in [0.2, 0.25) is 5.02 Å². The van der Waals surface area contributed by atoms with Crippen molar-refractivity contribution in [1.29, 1.82) is 0 Å². The van der Waals surface area contributed by atoms with E-state index >= 15 is 0 Å². The SMILES string of the molecule is Cc1ccc(CC2(CBr)CCOCC2)c(Cl)c1. The molecule has 0 saturated carbocycles. The fourth-order valence-corrected chi connectivity index (χ4v) is 3.42. The molecule has 0 spiro atoms. The van der Waals surface area contributed by atoms with Gasteiger partial charge in [-0.2, -0.15) is 0 Å². The summed E-state index contributed by atoms with van der Waals surface area (Å²) in [6.07, 6.45) is 3.27. The highest BCUT2D eigenvalue weighted by Crippen LogP contribution is 2.37. The Morgan fingerprint density at radius 3 is 2.65 bits per heavy atom. The second-order valence-corrected chi connectivity index (χ2v) is 5.99. The van der Waals surface area contributed by atoms with Crippen molar-refractivity contribution in [3.63, 3.8) is 0 Å². The molecule has 17 heavy (non-hydrogen) atoms. The highest BCUT2D eigenvalue weighted by Gasteiger charge is 2.32. The van der Waals surface area contributed by atoms with Crippen molar-refractivity contribution in [2.24, 2.45) is 5.41 Å². The molecule has 0 aromatic heterocycles. The van der Waals surface area contributed by atoms with E-state index in [1.54, 1.807) is 0 Å². The molecule has 0 bridgehead atoms. The van der Waals surface area contributed by atoms with Gasteiger partial charge in [0.2, 0.25) is 0 Å². The molecule has 0 radical (unpaired) electrons. The lowest BCUT2D eigenvalue weighted by atomic mass is 9.77. The fourth-order valence-electron chi connectivity index (χ4n) is 2.36. The Kier molecular flexibility index (Phi) is 4.51. The third kappa shape index (κ3) is 3.24. The number of alkyl halides is 1. The number of rotatable bonds is 3. The average molecular weight is 318 g/mol. The third-order valence-corrected chi connectivity index (χ3v) is 5.15. The van der Waals surface area contributed by atoms with Crippen molar-refractivity contribution >= 4 is 27.5 Å². The van der Waals surface area contributed by atoms with E-state index in [9.17, 15) is 0 Å². The Morgan fingerprint density at radius 2 is 2.06 bits per heavy atom. The summed E-state index contributed by atoms with van der Waals surface area (Å²) in [6, 6.07) is 6.36. The van der Waals surface area contributed by atoms with Crippen molar-refractivity contribution in [2.75, 3.05) is 18.5 Å². The van der Waals surface area contributed by atoms with Crippen LogP contribution in [0.25, 0.3) is 0 Å². The van der Waals surface area contributed by atoms with Gasteiger partial charge in [0.1, 0.15) is 0 Å². The summed E-state index contributed by atoms with van der Waals surface area (Å²) in [4.78, 5) is 0. The minimum absolute atomic E-state index is 0.317. The summed E-state index contributed by atoms with van der Waals surface area (Å²) < 4.78 is 5.46. The van der Waals surface area contributed by atoms with Gasteiger partial charge in [0.25, 0.3) is 0 Å². The van der Waals surface area contributed by atoms with E-state index in [0.29, 0.717) is 5.41 Å². The molecule has 0 unspecified atom stereocenters. The lowest BCUT2D eigenvalue weighted by Crippen LogP contribution is -2.33. The lowest BCUT2D eigenvalue weighted by Gasteiger charge is -2.36. The van der Waals surface area contributed by atoms with Crippen molar-refractivity contribution in [2.45, 2.75) is 26.2 Å². The predicted octanol–water partition coefficient (Wildman–Crippen LogP) is 4.38. The first-order chi connectivity index (χ1) is 8.15. The summed E-state index contributed by atoms with van der Waals surface area (Å²) in [5, 5.41) is 1.92. The largest absolute Gasteiger partial charge is 0.381 e. The molecule has 2 rings (SSSR count). The molecule has 1 aliphatic heterocycles. The van der Waals surface area contributed by atoms with Gasteiger partial charge < -0.3 is 4.74 Å². The van der Waals surface area contributed by atoms with E-state index in [4.69, 9.17) is 16.3 Å². The summed E-state index contributed by atoms with van der Waals surface area (Å²) >= 11 is 9.99. The van der Waals surface area contributed by atoms with Crippen LogP contribution in [-0.4, -0.2) is 18.5 Å². The lowest BCUT2D eigenvalue weighted by molar-refractivity contribution is 0.0270. The Hall–Kier alpha value is -0.0500. The molecular formula is C14H18BrClO. The molecule has 1 aromatic rings. The normalized spacial score (nSPS) is 19.2. The van der Waals surface area contributed by atoms with Crippen molar-refractivity contribution in [3.05, 3.63) is 34.3 Å². The first-order valence-corrected chi connectivity index (χ1v) is 7.54. The molecule has 0 aliphatic carbocycles. The van der Waals surface area contributed by atoms with Gasteiger partial charge in [-0.05, 0) is 48.8 Å². The Balaban J connectivity index is 2.17. The number of ether oxygens (including phenoxy) is 1. The number of hydrogen-bond acceptors (Lipinski definition) is 1. The van der Waals surface area contributed by atoms with E-state index in [1.807, 2.05) is 0 Å². The van der Waals surface area contributed by atoms with Crippen LogP contribution in [0.3, 0.4) is 0 Å². The smallest absolute Gasteiger partial charge is 0.0471 e. The summed E-state index contributed by atoms with van der Waals surface area (Å²) in [5.74, 6) is 0. The number of hydrogen-bond donors (Lipinski definition) is 0. The van der Waals surface area contributed by atoms with E-state index in [1.165, 1.54) is 11.1 Å². The number of halogens is 2. The van der Waals surface area contributed by atoms with Crippen LogP contribution in [-0.2, 0) is 11.2 Å². The van der Waals surface area contributed by atoms with Crippen molar-refractivity contribution < 1.29 is 4.74 Å². The quantitative estimate of drug-likeness (QED) is 0.752. The first-order valence-electron chi connectivity index (χ1n) is 6.04. The number of benzene rings is 1. The standard InChI is InChI=1S/C14H18BrClO/c1-11-2-3-12(13(16)8-11)9-14(10-15)4-6-17-7-5-14/h2-3,8H,4-7,9-10H2,1H3. The van der Waals surface area contributed by atoms with Crippen molar-refractivity contribution in [3.8, 4) is 0 Å². The Bertz CT molecular complexity index is 386. The van der Waals surface area contributed by atoms with Gasteiger partial charge in [-0.3, -0.25) is 0 Å². The minimum Gasteiger partial charge on any atom is -0.381 e. The van der Waals surface area contributed by atoms with Gasteiger partial charge in [0.15, 0.2) is 0 Å². The van der Waals surface area contributed by atoms with Crippen LogP contribution in [0.4, 0.5) is 0 Å². The second kappa shape index (κ2) is 5.73. The van der Waals surface area contributed by atoms with Gasteiger partial charge in [-0.15, -0.1) is 0 Å². The highest BCUT2D eigenvalue weighted by molar-refractivity contribution is 9.09. The molecule has 1 aromatic carbocycles. The van der Waals surface area contributed by atoms with Gasteiger partial charge in [-0.1, -0.05) is 39.7 Å². The van der Waals surface area contributed by atoms with Crippen LogP contribution in [0.15, 0.2) is 18.2 Å². The van der Waals surface area contributed by atoms with E-state index in [-0.39, 0.29) is 0 Å². The van der Waals surface area contributed by atoms with Crippen LogP contribution < -0.4 is 0 Å². The zero-order valence-corrected chi connectivity index (χ0v) is 12.5. The molecule has 1 saturated heterocycles. The van der Waals surface area contributed by atoms with Crippen LogP contribution >= 0.6 is 27.5 Å². The van der Waals surface area contributed by atoms with Crippen LogP contribution in [0.5, 0.6) is 0 Å². The number of aryl methyl sites for hydroxylation is 1. The van der Waals surface area contributed by atoms with E-state index in [0.717, 1.165) is 42.8 Å². The molecular weight excluding hydrogens is 300 g/mol. The maximum absolute atomic E-state index is 6.32. The highest BCUT2D eigenvalue weighted by atomic mass is 79.9. The third-order valence-electron chi connectivity index (χ3n) is 3.61. The molecule has 0 atom stereocenters. The molecule has 1 aliphatic rings. The predicted molar refractivity (Wildman–Crippen MR) is 76.2 cm³/mol. The molecule has 1 nitrogen and oxygen atoms in total. The second-order valence-electron chi connectivity index (χ2n) is 5.02. The van der Waals surface area contributed by atoms with Crippen LogP contribution in [0.1, 0.15) is 24.0 Å². The van der Waals surface area contributed by atoms with Crippen LogP contribution in [0, 0.1) is 12.3 Å². The average Bonchev–Trinajstić information content (AvgIpc) is 2.34. The van der Waals surface area contributed by atoms with Gasteiger partial charge >= 0.3 is 0 Å². The van der Waals surface area contributed by atoms with Gasteiger partial charge in [-0.25, -0.2) is 0 Å². The zero-order chi connectivity index (χ0) is 12.3. The Morgan fingerprint density at radius 1 is 1.35 bits per heavy atom. The molecule has 0 N–H and O–H groups in total. The van der Waals surface area contributed by atoms with Crippen molar-refractivity contribution in [1.82, 2.24) is 0 Å². The zero-order valence-electron chi connectivity index (χ0n) is 10.1. The Labute approximate surface area is 117 Å². The molecule has 0 amide bonds.